The molecule has 0 saturated carbocycles. The van der Waals surface area contributed by atoms with Crippen molar-refractivity contribution in [3.8, 4) is 0 Å². The van der Waals surface area contributed by atoms with Gasteiger partial charge in [0.15, 0.2) is 5.17 Å². The maximum Gasteiger partial charge on any atom is 0.160 e. The van der Waals surface area contributed by atoms with Crippen molar-refractivity contribution in [3.05, 3.63) is 65.8 Å². The zero-order valence-electron chi connectivity index (χ0n) is 15.5. The lowest BCUT2D eigenvalue weighted by Crippen LogP contribution is -2.29. The minimum absolute atomic E-state index is 0.0102. The lowest BCUT2D eigenvalue weighted by atomic mass is 9.96. The second kappa shape index (κ2) is 6.23. The fourth-order valence-corrected chi connectivity index (χ4v) is 5.28. The molecular weight excluding hydrogens is 358 g/mol. The van der Waals surface area contributed by atoms with Gasteiger partial charge >= 0.3 is 0 Å². The van der Waals surface area contributed by atoms with E-state index in [4.69, 9.17) is 4.99 Å². The second-order valence-corrected chi connectivity index (χ2v) is 8.52. The molecule has 1 saturated heterocycles. The quantitative estimate of drug-likeness (QED) is 0.700. The van der Waals surface area contributed by atoms with Crippen LogP contribution in [0.1, 0.15) is 41.7 Å². The molecule has 0 bridgehead atoms. The highest BCUT2D eigenvalue weighted by Gasteiger charge is 2.44. The molecule has 3 aromatic rings. The summed E-state index contributed by atoms with van der Waals surface area (Å²) in [6, 6.07) is 8.51. The van der Waals surface area contributed by atoms with Gasteiger partial charge in [-0.25, -0.2) is 4.68 Å². The van der Waals surface area contributed by atoms with Crippen molar-refractivity contribution in [2.45, 2.75) is 38.1 Å². The Morgan fingerprint density at radius 1 is 1.15 bits per heavy atom. The summed E-state index contributed by atoms with van der Waals surface area (Å²) in [5.74, 6) is 0. The molecule has 2 aliphatic rings. The van der Waals surface area contributed by atoms with E-state index in [-0.39, 0.29) is 12.1 Å². The number of aromatic nitrogens is 5. The summed E-state index contributed by atoms with van der Waals surface area (Å²) in [4.78, 5) is 12.1. The Morgan fingerprint density at radius 3 is 2.70 bits per heavy atom. The molecule has 0 unspecified atom stereocenters. The van der Waals surface area contributed by atoms with E-state index in [0.717, 1.165) is 23.1 Å². The number of hydrogen-bond donors (Lipinski definition) is 0. The fraction of sp³-hybridized carbons (Fsp3) is 0.368. The minimum Gasteiger partial charge on any atom is -0.341 e. The molecule has 5 rings (SSSR count). The van der Waals surface area contributed by atoms with Crippen molar-refractivity contribution in [1.29, 1.82) is 0 Å². The first kappa shape index (κ1) is 16.6. The molecule has 8 heteroatoms. The Bertz CT molecular complexity index is 993. The number of thioether (sulfide) groups is 1. The summed E-state index contributed by atoms with van der Waals surface area (Å²) >= 11 is 1.86. The smallest absolute Gasteiger partial charge is 0.160 e. The number of aliphatic imine (C=N–C) groups is 1. The molecule has 0 N–H and O–H groups in total. The van der Waals surface area contributed by atoms with Crippen LogP contribution in [0.15, 0.2) is 48.1 Å². The molecule has 5 heterocycles. The normalized spacial score (nSPS) is 24.3. The topological polar surface area (TPSA) is 64.1 Å². The lowest BCUT2D eigenvalue weighted by molar-refractivity contribution is 0.319. The molecule has 1 fully saturated rings. The Morgan fingerprint density at radius 2 is 1.96 bits per heavy atom. The van der Waals surface area contributed by atoms with Gasteiger partial charge in [-0.15, -0.1) is 10.2 Å². The average molecular weight is 379 g/mol. The van der Waals surface area contributed by atoms with E-state index in [2.05, 4.69) is 57.7 Å². The van der Waals surface area contributed by atoms with Crippen molar-refractivity contribution >= 4 is 16.9 Å². The maximum absolute atomic E-state index is 5.07. The number of aryl methyl sites for hydroxylation is 1. The van der Waals surface area contributed by atoms with Crippen molar-refractivity contribution in [3.63, 3.8) is 0 Å². The van der Waals surface area contributed by atoms with E-state index in [1.807, 2.05) is 34.8 Å². The largest absolute Gasteiger partial charge is 0.341 e. The zero-order valence-corrected chi connectivity index (χ0v) is 16.3. The van der Waals surface area contributed by atoms with Crippen LogP contribution in [0.25, 0.3) is 0 Å². The van der Waals surface area contributed by atoms with Gasteiger partial charge < -0.3 is 4.90 Å². The van der Waals surface area contributed by atoms with Gasteiger partial charge in [0.05, 0.1) is 11.7 Å². The molecule has 2 aliphatic heterocycles. The van der Waals surface area contributed by atoms with Crippen LogP contribution in [0.4, 0.5) is 0 Å². The molecule has 0 spiro atoms. The molecule has 138 valence electrons. The van der Waals surface area contributed by atoms with Crippen LogP contribution < -0.4 is 0 Å². The third kappa shape index (κ3) is 2.58. The average Bonchev–Trinajstić information content (AvgIpc) is 3.40. The van der Waals surface area contributed by atoms with Crippen LogP contribution in [0.3, 0.4) is 0 Å². The summed E-state index contributed by atoms with van der Waals surface area (Å²) in [6.07, 6.45) is 5.31. The van der Waals surface area contributed by atoms with E-state index in [1.165, 1.54) is 11.3 Å². The van der Waals surface area contributed by atoms with E-state index in [1.54, 1.807) is 12.7 Å². The van der Waals surface area contributed by atoms with Gasteiger partial charge in [-0.3, -0.25) is 14.7 Å². The van der Waals surface area contributed by atoms with Crippen molar-refractivity contribution < 1.29 is 0 Å². The molecule has 0 radical (unpaired) electrons. The van der Waals surface area contributed by atoms with Gasteiger partial charge in [-0.2, -0.15) is 0 Å². The third-order valence-electron chi connectivity index (χ3n) is 5.27. The van der Waals surface area contributed by atoms with E-state index in [0.29, 0.717) is 5.25 Å². The Balaban J connectivity index is 1.63. The first-order chi connectivity index (χ1) is 13.1. The highest BCUT2D eigenvalue weighted by Crippen LogP contribution is 2.48. The number of hydrogen-bond acceptors (Lipinski definition) is 6. The van der Waals surface area contributed by atoms with E-state index < -0.39 is 0 Å². The third-order valence-corrected chi connectivity index (χ3v) is 6.37. The summed E-state index contributed by atoms with van der Waals surface area (Å²) in [6.45, 7) is 7.54. The van der Waals surface area contributed by atoms with Gasteiger partial charge in [0, 0.05) is 34.9 Å². The summed E-state index contributed by atoms with van der Waals surface area (Å²) in [5, 5.41) is 9.61. The summed E-state index contributed by atoms with van der Waals surface area (Å²) < 4.78 is 4.07. The molecule has 3 atom stereocenters. The van der Waals surface area contributed by atoms with Crippen LogP contribution in [0, 0.1) is 13.8 Å². The van der Waals surface area contributed by atoms with Crippen LogP contribution in [-0.2, 0) is 0 Å². The molecule has 0 aromatic carbocycles. The van der Waals surface area contributed by atoms with Gasteiger partial charge in [-0.05, 0) is 32.0 Å². The van der Waals surface area contributed by atoms with Gasteiger partial charge in [0.2, 0.25) is 0 Å². The van der Waals surface area contributed by atoms with Crippen LogP contribution >= 0.6 is 11.8 Å². The molecule has 3 aromatic heterocycles. The van der Waals surface area contributed by atoms with Crippen LogP contribution in [0.2, 0.25) is 0 Å². The Labute approximate surface area is 162 Å². The molecule has 0 aliphatic carbocycles. The lowest BCUT2D eigenvalue weighted by Gasteiger charge is -2.27. The van der Waals surface area contributed by atoms with E-state index in [9.17, 15) is 0 Å². The predicted octanol–water partition coefficient (Wildman–Crippen LogP) is 2.99. The number of fused-ring (bicyclic) bond motifs is 1. The molecule has 7 nitrogen and oxygen atoms in total. The first-order valence-corrected chi connectivity index (χ1v) is 9.97. The summed E-state index contributed by atoms with van der Waals surface area (Å²) in [7, 11) is 0. The standard InChI is InChI=1S/C19H21N7S/c1-12-8-15(14(3)26(12)24-10-21-22-11-24)18-17(16-6-4-5-7-20-16)23-19-25(18)9-13(2)27-19/h4-8,10-11,13,17-18H,9H2,1-3H3/t13-,17-,18+/m0/s1. The number of amidine groups is 1. The highest BCUT2D eigenvalue weighted by molar-refractivity contribution is 8.14. The van der Waals surface area contributed by atoms with Crippen molar-refractivity contribution in [2.24, 2.45) is 4.99 Å². The minimum atomic E-state index is 0.0102. The zero-order chi connectivity index (χ0) is 18.5. The number of rotatable bonds is 3. The second-order valence-electron chi connectivity index (χ2n) is 7.12. The first-order valence-electron chi connectivity index (χ1n) is 9.09. The van der Waals surface area contributed by atoms with Crippen molar-refractivity contribution in [1.82, 2.24) is 29.4 Å². The summed E-state index contributed by atoms with van der Waals surface area (Å²) in [5.41, 5.74) is 4.63. The highest BCUT2D eigenvalue weighted by atomic mass is 32.2. The number of nitrogens with zero attached hydrogens (tertiary/aromatic N) is 7. The molecule has 0 amide bonds. The van der Waals surface area contributed by atoms with Crippen molar-refractivity contribution in [2.75, 3.05) is 6.54 Å². The number of pyridine rings is 1. The molecular formula is C19H21N7S. The van der Waals surface area contributed by atoms with Crippen LogP contribution in [-0.4, -0.2) is 46.4 Å². The fourth-order valence-electron chi connectivity index (χ4n) is 4.18. The van der Waals surface area contributed by atoms with Crippen LogP contribution in [0.5, 0.6) is 0 Å². The maximum atomic E-state index is 5.07. The SMILES string of the molecule is Cc1cc([C@@H]2[C@H](c3ccccn3)N=C3S[C@@H](C)CN32)c(C)n1-n1cnnc1. The predicted molar refractivity (Wildman–Crippen MR) is 106 cm³/mol. The molecule has 27 heavy (non-hydrogen) atoms. The van der Waals surface area contributed by atoms with Gasteiger partial charge in [0.25, 0.3) is 0 Å². The van der Waals surface area contributed by atoms with Gasteiger partial charge in [-0.1, -0.05) is 24.8 Å². The Hall–Kier alpha value is -2.61. The van der Waals surface area contributed by atoms with E-state index >= 15 is 0 Å². The monoisotopic (exact) mass is 379 g/mol. The van der Waals surface area contributed by atoms with Gasteiger partial charge in [0.1, 0.15) is 18.7 Å². The Kier molecular flexibility index (Phi) is 3.82.